The van der Waals surface area contributed by atoms with Crippen LogP contribution in [-0.2, 0) is 12.8 Å². The molecule has 0 fully saturated rings. The smallest absolute Gasteiger partial charge is 0.0945 e. The first-order valence-electron chi connectivity index (χ1n) is 6.07. The van der Waals surface area contributed by atoms with E-state index >= 15 is 0 Å². The molecule has 0 bridgehead atoms. The number of aryl methyl sites for hydroxylation is 1. The molecule has 3 heteroatoms. The molecule has 0 aliphatic rings. The highest BCUT2D eigenvalue weighted by molar-refractivity contribution is 7.09. The van der Waals surface area contributed by atoms with Crippen LogP contribution in [0.2, 0.25) is 0 Å². The molecule has 1 aromatic carbocycles. The van der Waals surface area contributed by atoms with Crippen LogP contribution < -0.4 is 5.73 Å². The highest BCUT2D eigenvalue weighted by Gasteiger charge is 2.03. The molecule has 0 saturated heterocycles. The number of nitrogens with zero attached hydrogens (tertiary/aromatic N) is 1. The van der Waals surface area contributed by atoms with E-state index in [9.17, 15) is 0 Å². The van der Waals surface area contributed by atoms with Crippen LogP contribution in [-0.4, -0.2) is 11.5 Å². The Hall–Kier alpha value is -1.19. The zero-order valence-electron chi connectivity index (χ0n) is 10.1. The Bertz CT molecular complexity index is 459. The van der Waals surface area contributed by atoms with E-state index in [1.165, 1.54) is 17.5 Å². The molecule has 2 aromatic rings. The zero-order chi connectivity index (χ0) is 12.1. The standard InChI is InChI=1S/C14H18N2S/c1-2-3-11-4-6-12(7-5-11)13-10-17-14(16-13)8-9-15/h4-7,10H,2-3,8-9,15H2,1H3. The molecule has 0 saturated carbocycles. The lowest BCUT2D eigenvalue weighted by atomic mass is 10.1. The zero-order valence-corrected chi connectivity index (χ0v) is 11.0. The van der Waals surface area contributed by atoms with Crippen molar-refractivity contribution in [2.45, 2.75) is 26.2 Å². The molecule has 0 spiro atoms. The average Bonchev–Trinajstić information content (AvgIpc) is 2.80. The van der Waals surface area contributed by atoms with Crippen molar-refractivity contribution >= 4 is 11.3 Å². The molecule has 90 valence electrons. The van der Waals surface area contributed by atoms with Gasteiger partial charge in [0.1, 0.15) is 0 Å². The Morgan fingerprint density at radius 1 is 1.18 bits per heavy atom. The van der Waals surface area contributed by atoms with Gasteiger partial charge in [-0.1, -0.05) is 37.6 Å². The van der Waals surface area contributed by atoms with E-state index in [4.69, 9.17) is 5.73 Å². The summed E-state index contributed by atoms with van der Waals surface area (Å²) in [6, 6.07) is 8.71. The summed E-state index contributed by atoms with van der Waals surface area (Å²) in [6.45, 7) is 2.87. The third-order valence-electron chi connectivity index (χ3n) is 2.70. The van der Waals surface area contributed by atoms with Crippen molar-refractivity contribution in [3.63, 3.8) is 0 Å². The topological polar surface area (TPSA) is 38.9 Å². The molecule has 2 nitrogen and oxygen atoms in total. The quantitative estimate of drug-likeness (QED) is 0.879. The first-order chi connectivity index (χ1) is 8.33. The fourth-order valence-corrected chi connectivity index (χ4v) is 2.64. The summed E-state index contributed by atoms with van der Waals surface area (Å²) in [6.07, 6.45) is 3.21. The first-order valence-corrected chi connectivity index (χ1v) is 6.95. The SMILES string of the molecule is CCCc1ccc(-c2csc(CCN)n2)cc1. The van der Waals surface area contributed by atoms with Gasteiger partial charge in [-0.15, -0.1) is 11.3 Å². The lowest BCUT2D eigenvalue weighted by Gasteiger charge is -2.00. The maximum Gasteiger partial charge on any atom is 0.0945 e. The summed E-state index contributed by atoms with van der Waals surface area (Å²) < 4.78 is 0. The van der Waals surface area contributed by atoms with Crippen molar-refractivity contribution in [1.29, 1.82) is 0 Å². The van der Waals surface area contributed by atoms with E-state index in [1.807, 2.05) is 0 Å². The summed E-state index contributed by atoms with van der Waals surface area (Å²) in [5, 5.41) is 3.24. The molecule has 0 atom stereocenters. The fourth-order valence-electron chi connectivity index (χ4n) is 1.81. The van der Waals surface area contributed by atoms with E-state index in [2.05, 4.69) is 41.6 Å². The van der Waals surface area contributed by atoms with Crippen LogP contribution in [0, 0.1) is 0 Å². The summed E-state index contributed by atoms with van der Waals surface area (Å²) in [5.41, 5.74) is 9.19. The van der Waals surface area contributed by atoms with E-state index < -0.39 is 0 Å². The molecular weight excluding hydrogens is 228 g/mol. The predicted octanol–water partition coefficient (Wildman–Crippen LogP) is 3.26. The second-order valence-corrected chi connectivity index (χ2v) is 5.05. The molecule has 0 aliphatic heterocycles. The van der Waals surface area contributed by atoms with E-state index in [0.717, 1.165) is 23.5 Å². The van der Waals surface area contributed by atoms with Gasteiger partial charge in [0.25, 0.3) is 0 Å². The molecule has 1 aromatic heterocycles. The van der Waals surface area contributed by atoms with Crippen LogP contribution in [0.3, 0.4) is 0 Å². The first kappa shape index (κ1) is 12.3. The van der Waals surface area contributed by atoms with E-state index in [-0.39, 0.29) is 0 Å². The van der Waals surface area contributed by atoms with E-state index in [1.54, 1.807) is 11.3 Å². The molecular formula is C14H18N2S. The molecule has 0 unspecified atom stereocenters. The third-order valence-corrected chi connectivity index (χ3v) is 3.61. The van der Waals surface area contributed by atoms with Gasteiger partial charge in [0.05, 0.1) is 10.7 Å². The van der Waals surface area contributed by atoms with Crippen molar-refractivity contribution in [2.75, 3.05) is 6.54 Å². The molecule has 17 heavy (non-hydrogen) atoms. The monoisotopic (exact) mass is 246 g/mol. The van der Waals surface area contributed by atoms with Crippen LogP contribution in [0.15, 0.2) is 29.6 Å². The summed E-state index contributed by atoms with van der Waals surface area (Å²) in [4.78, 5) is 4.58. The van der Waals surface area contributed by atoms with Gasteiger partial charge in [-0.25, -0.2) is 4.98 Å². The Balaban J connectivity index is 2.15. The van der Waals surface area contributed by atoms with Crippen molar-refractivity contribution in [2.24, 2.45) is 5.73 Å². The van der Waals surface area contributed by atoms with Gasteiger partial charge in [-0.3, -0.25) is 0 Å². The van der Waals surface area contributed by atoms with Crippen molar-refractivity contribution in [3.8, 4) is 11.3 Å². The number of rotatable bonds is 5. The summed E-state index contributed by atoms with van der Waals surface area (Å²) in [5.74, 6) is 0. The number of thiazole rings is 1. The van der Waals surface area contributed by atoms with Crippen LogP contribution >= 0.6 is 11.3 Å². The van der Waals surface area contributed by atoms with Crippen LogP contribution in [0.5, 0.6) is 0 Å². The second kappa shape index (κ2) is 5.94. The summed E-state index contributed by atoms with van der Waals surface area (Å²) in [7, 11) is 0. The Kier molecular flexibility index (Phi) is 4.29. The molecule has 2 N–H and O–H groups in total. The van der Waals surface area contributed by atoms with Gasteiger partial charge in [0.15, 0.2) is 0 Å². The third kappa shape index (κ3) is 3.14. The number of benzene rings is 1. The number of nitrogens with two attached hydrogens (primary N) is 1. The van der Waals surface area contributed by atoms with Crippen molar-refractivity contribution < 1.29 is 0 Å². The molecule has 0 amide bonds. The molecule has 1 heterocycles. The van der Waals surface area contributed by atoms with Gasteiger partial charge in [-0.2, -0.15) is 0 Å². The van der Waals surface area contributed by atoms with Gasteiger partial charge in [0.2, 0.25) is 0 Å². The molecule has 2 rings (SSSR count). The van der Waals surface area contributed by atoms with Gasteiger partial charge < -0.3 is 5.73 Å². The predicted molar refractivity (Wildman–Crippen MR) is 74.3 cm³/mol. The molecule has 0 radical (unpaired) electrons. The Morgan fingerprint density at radius 3 is 2.59 bits per heavy atom. The van der Waals surface area contributed by atoms with Gasteiger partial charge in [-0.05, 0) is 18.5 Å². The minimum absolute atomic E-state index is 0.669. The lowest BCUT2D eigenvalue weighted by molar-refractivity contribution is 0.922. The fraction of sp³-hybridized carbons (Fsp3) is 0.357. The summed E-state index contributed by atoms with van der Waals surface area (Å²) >= 11 is 1.69. The average molecular weight is 246 g/mol. The normalized spacial score (nSPS) is 10.7. The second-order valence-electron chi connectivity index (χ2n) is 4.11. The minimum atomic E-state index is 0.669. The van der Waals surface area contributed by atoms with Crippen LogP contribution in [0.25, 0.3) is 11.3 Å². The van der Waals surface area contributed by atoms with Crippen LogP contribution in [0.1, 0.15) is 23.9 Å². The highest BCUT2D eigenvalue weighted by Crippen LogP contribution is 2.22. The number of hydrogen-bond donors (Lipinski definition) is 1. The Labute approximate surface area is 107 Å². The van der Waals surface area contributed by atoms with Crippen molar-refractivity contribution in [3.05, 3.63) is 40.2 Å². The Morgan fingerprint density at radius 2 is 1.94 bits per heavy atom. The lowest BCUT2D eigenvalue weighted by Crippen LogP contribution is -2.01. The highest BCUT2D eigenvalue weighted by atomic mass is 32.1. The van der Waals surface area contributed by atoms with Gasteiger partial charge in [0, 0.05) is 17.4 Å². The van der Waals surface area contributed by atoms with E-state index in [0.29, 0.717) is 6.54 Å². The minimum Gasteiger partial charge on any atom is -0.330 e. The largest absolute Gasteiger partial charge is 0.330 e. The number of hydrogen-bond acceptors (Lipinski definition) is 3. The maximum atomic E-state index is 5.53. The molecule has 0 aliphatic carbocycles. The van der Waals surface area contributed by atoms with Crippen LogP contribution in [0.4, 0.5) is 0 Å². The maximum absolute atomic E-state index is 5.53. The van der Waals surface area contributed by atoms with Gasteiger partial charge >= 0.3 is 0 Å². The van der Waals surface area contributed by atoms with Crippen molar-refractivity contribution in [1.82, 2.24) is 4.98 Å². The number of aromatic nitrogens is 1.